The van der Waals surface area contributed by atoms with Crippen LogP contribution in [0, 0.1) is 0 Å². The Kier molecular flexibility index (Phi) is 6.13. The number of sulfonamides is 2. The van der Waals surface area contributed by atoms with E-state index in [0.29, 0.717) is 5.56 Å². The van der Waals surface area contributed by atoms with E-state index in [1.54, 1.807) is 50.2 Å². The first-order valence-electron chi connectivity index (χ1n) is 8.27. The van der Waals surface area contributed by atoms with Gasteiger partial charge in [-0.05, 0) is 49.6 Å². The Balaban J connectivity index is 2.18. The number of hydrogen-bond donors (Lipinski definition) is 3. The van der Waals surface area contributed by atoms with E-state index in [0.717, 1.165) is 11.1 Å². The average Bonchev–Trinajstić information content (AvgIpc) is 2.59. The van der Waals surface area contributed by atoms with E-state index in [4.69, 9.17) is 5.14 Å². The molecule has 0 saturated heterocycles. The minimum Gasteiger partial charge on any atom is -0.384 e. The molecule has 0 bridgehead atoms. The highest BCUT2D eigenvalue weighted by atomic mass is 32.2. The van der Waals surface area contributed by atoms with Gasteiger partial charge in [0.15, 0.2) is 0 Å². The number of aliphatic hydroxyl groups is 1. The molecule has 1 unspecified atom stereocenters. The van der Waals surface area contributed by atoms with Gasteiger partial charge in [0.2, 0.25) is 20.0 Å². The largest absolute Gasteiger partial charge is 0.384 e. The molecule has 0 heterocycles. The van der Waals surface area contributed by atoms with E-state index in [2.05, 4.69) is 4.72 Å². The van der Waals surface area contributed by atoms with Crippen molar-refractivity contribution in [2.45, 2.75) is 36.5 Å². The van der Waals surface area contributed by atoms with Gasteiger partial charge in [0.05, 0.1) is 10.1 Å². The molecule has 2 rings (SSSR count). The minimum atomic E-state index is -3.74. The molecule has 0 aliphatic rings. The lowest BCUT2D eigenvalue weighted by Crippen LogP contribution is -2.41. The Bertz CT molecular complexity index is 995. The van der Waals surface area contributed by atoms with Crippen molar-refractivity contribution in [3.8, 4) is 11.1 Å². The van der Waals surface area contributed by atoms with Crippen molar-refractivity contribution in [1.29, 1.82) is 0 Å². The third-order valence-electron chi connectivity index (χ3n) is 4.26. The second kappa shape index (κ2) is 7.69. The number of nitrogens with one attached hydrogen (secondary N) is 1. The third kappa shape index (κ3) is 5.36. The highest BCUT2D eigenvalue weighted by Crippen LogP contribution is 2.26. The van der Waals surface area contributed by atoms with Crippen LogP contribution in [0.4, 0.5) is 0 Å². The first-order valence-corrected chi connectivity index (χ1v) is 11.4. The number of benzene rings is 2. The molecule has 148 valence electrons. The summed E-state index contributed by atoms with van der Waals surface area (Å²) in [5.41, 5.74) is 0.782. The summed E-state index contributed by atoms with van der Waals surface area (Å²) < 4.78 is 48.8. The molecule has 0 spiro atoms. The number of primary sulfonamides is 1. The van der Waals surface area contributed by atoms with Crippen molar-refractivity contribution < 1.29 is 21.9 Å². The van der Waals surface area contributed by atoms with Crippen LogP contribution in [-0.4, -0.2) is 33.7 Å². The minimum absolute atomic E-state index is 0.0308. The van der Waals surface area contributed by atoms with Crippen molar-refractivity contribution in [2.75, 3.05) is 6.54 Å². The maximum atomic E-state index is 11.9. The molecule has 7 nitrogen and oxygen atoms in total. The first kappa shape index (κ1) is 21.5. The third-order valence-corrected chi connectivity index (χ3v) is 6.98. The van der Waals surface area contributed by atoms with Crippen molar-refractivity contribution in [3.05, 3.63) is 54.1 Å². The summed E-state index contributed by atoms with van der Waals surface area (Å²) in [7, 11) is -7.22. The monoisotopic (exact) mass is 412 g/mol. The zero-order valence-corrected chi connectivity index (χ0v) is 17.0. The van der Waals surface area contributed by atoms with Crippen molar-refractivity contribution in [2.24, 2.45) is 5.14 Å². The SMILES string of the molecule is CC(C)S(=O)(=O)NCC(C)(O)c1ccc(-c2ccc(S(N)(=O)=O)cc2)cc1. The standard InChI is InChI=1S/C18H24N2O5S2/c1-13(2)27(24,25)20-12-18(3,21)16-8-4-14(5-9-16)15-6-10-17(11-7-15)26(19,22)23/h4-11,13,20-21H,12H2,1-3H3,(H2,19,22,23). The summed E-state index contributed by atoms with van der Waals surface area (Å²) >= 11 is 0. The van der Waals surface area contributed by atoms with Crippen LogP contribution < -0.4 is 9.86 Å². The van der Waals surface area contributed by atoms with Gasteiger partial charge >= 0.3 is 0 Å². The van der Waals surface area contributed by atoms with Gasteiger partial charge < -0.3 is 5.11 Å². The quantitative estimate of drug-likeness (QED) is 0.636. The number of nitrogens with two attached hydrogens (primary N) is 1. The van der Waals surface area contributed by atoms with Gasteiger partial charge in [-0.1, -0.05) is 36.4 Å². The summed E-state index contributed by atoms with van der Waals surface area (Å²) in [5, 5.41) is 15.1. The van der Waals surface area contributed by atoms with Crippen LogP contribution in [0.5, 0.6) is 0 Å². The second-order valence-electron chi connectivity index (χ2n) is 6.84. The molecule has 0 saturated carbocycles. The summed E-state index contributed by atoms with van der Waals surface area (Å²) in [6.45, 7) is 4.52. The molecule has 2 aromatic rings. The number of hydrogen-bond acceptors (Lipinski definition) is 5. The fraction of sp³-hybridized carbons (Fsp3) is 0.333. The number of rotatable bonds is 7. The maximum Gasteiger partial charge on any atom is 0.238 e. The van der Waals surface area contributed by atoms with Gasteiger partial charge in [0.25, 0.3) is 0 Å². The molecule has 4 N–H and O–H groups in total. The molecule has 0 aliphatic carbocycles. The zero-order chi connectivity index (χ0) is 20.5. The fourth-order valence-corrected chi connectivity index (χ4v) is 3.70. The summed E-state index contributed by atoms with van der Waals surface area (Å²) in [6, 6.07) is 13.1. The Morgan fingerprint density at radius 1 is 0.963 bits per heavy atom. The van der Waals surface area contributed by atoms with Crippen LogP contribution in [-0.2, 0) is 25.6 Å². The van der Waals surface area contributed by atoms with Gasteiger partial charge in [-0.3, -0.25) is 0 Å². The lowest BCUT2D eigenvalue weighted by molar-refractivity contribution is 0.0627. The maximum absolute atomic E-state index is 11.9. The predicted octanol–water partition coefficient (Wildman–Crippen LogP) is 1.54. The molecule has 0 aromatic heterocycles. The summed E-state index contributed by atoms with van der Waals surface area (Å²) in [4.78, 5) is 0.0308. The molecule has 1 atom stereocenters. The van der Waals surface area contributed by atoms with Crippen molar-refractivity contribution in [3.63, 3.8) is 0 Å². The van der Waals surface area contributed by atoms with E-state index in [-0.39, 0.29) is 11.4 Å². The van der Waals surface area contributed by atoms with E-state index < -0.39 is 30.9 Å². The molecular formula is C18H24N2O5S2. The van der Waals surface area contributed by atoms with Crippen LogP contribution in [0.3, 0.4) is 0 Å². The molecular weight excluding hydrogens is 388 g/mol. The topological polar surface area (TPSA) is 127 Å². The normalized spacial score (nSPS) is 14.9. The highest BCUT2D eigenvalue weighted by molar-refractivity contribution is 7.90. The highest BCUT2D eigenvalue weighted by Gasteiger charge is 2.26. The molecule has 0 fully saturated rings. The van der Waals surface area contributed by atoms with E-state index in [1.165, 1.54) is 19.1 Å². The lowest BCUT2D eigenvalue weighted by Gasteiger charge is -2.25. The van der Waals surface area contributed by atoms with Gasteiger partial charge in [0, 0.05) is 6.54 Å². The fourth-order valence-electron chi connectivity index (χ4n) is 2.37. The Labute approximate surface area is 160 Å². The smallest absolute Gasteiger partial charge is 0.238 e. The Morgan fingerprint density at radius 2 is 1.41 bits per heavy atom. The molecule has 0 radical (unpaired) electrons. The molecule has 0 amide bonds. The van der Waals surface area contributed by atoms with Crippen LogP contribution in [0.2, 0.25) is 0 Å². The average molecular weight is 413 g/mol. The van der Waals surface area contributed by atoms with Gasteiger partial charge in [0.1, 0.15) is 5.60 Å². The van der Waals surface area contributed by atoms with Crippen molar-refractivity contribution in [1.82, 2.24) is 4.72 Å². The summed E-state index contributed by atoms with van der Waals surface area (Å²) in [5.74, 6) is 0. The van der Waals surface area contributed by atoms with Gasteiger partial charge in [-0.25, -0.2) is 26.7 Å². The Morgan fingerprint density at radius 3 is 1.81 bits per heavy atom. The van der Waals surface area contributed by atoms with E-state index >= 15 is 0 Å². The summed E-state index contributed by atoms with van der Waals surface area (Å²) in [6.07, 6.45) is 0. The predicted molar refractivity (Wildman–Crippen MR) is 105 cm³/mol. The van der Waals surface area contributed by atoms with Crippen LogP contribution >= 0.6 is 0 Å². The van der Waals surface area contributed by atoms with Gasteiger partial charge in [-0.2, -0.15) is 0 Å². The van der Waals surface area contributed by atoms with Crippen LogP contribution in [0.25, 0.3) is 11.1 Å². The van der Waals surface area contributed by atoms with Crippen LogP contribution in [0.15, 0.2) is 53.4 Å². The molecule has 2 aromatic carbocycles. The lowest BCUT2D eigenvalue weighted by atomic mass is 9.94. The van der Waals surface area contributed by atoms with Crippen LogP contribution in [0.1, 0.15) is 26.3 Å². The van der Waals surface area contributed by atoms with Crippen molar-refractivity contribution >= 4 is 20.0 Å². The molecule has 0 aliphatic heterocycles. The van der Waals surface area contributed by atoms with Gasteiger partial charge in [-0.15, -0.1) is 0 Å². The van der Waals surface area contributed by atoms with E-state index in [1.807, 2.05) is 0 Å². The molecule has 27 heavy (non-hydrogen) atoms. The second-order valence-corrected chi connectivity index (χ2v) is 10.7. The molecule has 9 heteroatoms. The van der Waals surface area contributed by atoms with E-state index in [9.17, 15) is 21.9 Å². The zero-order valence-electron chi connectivity index (χ0n) is 15.4. The first-order chi connectivity index (χ1) is 12.3. The Hall–Kier alpha value is -1.78.